The predicted molar refractivity (Wildman–Crippen MR) is 61.0 cm³/mol. The Labute approximate surface area is 112 Å². The molecule has 106 valence electrons. The lowest BCUT2D eigenvalue weighted by Crippen LogP contribution is -2.29. The molecule has 1 rings (SSSR count). The van der Waals surface area contributed by atoms with E-state index in [1.54, 1.807) is 6.92 Å². The van der Waals surface area contributed by atoms with Crippen LogP contribution in [0.15, 0.2) is 6.07 Å². The quantitative estimate of drug-likeness (QED) is 0.664. The lowest BCUT2D eigenvalue weighted by Gasteiger charge is -2.08. The van der Waals surface area contributed by atoms with Crippen molar-refractivity contribution in [2.24, 2.45) is 0 Å². The van der Waals surface area contributed by atoms with Crippen molar-refractivity contribution in [2.45, 2.75) is 13.1 Å². The van der Waals surface area contributed by atoms with Crippen LogP contribution in [-0.4, -0.2) is 41.8 Å². The largest absolute Gasteiger partial charge is 0.411 e. The summed E-state index contributed by atoms with van der Waals surface area (Å²) in [7, 11) is 0. The molecule has 1 heterocycles. The number of nitrogens with zero attached hydrogens (tertiary/aromatic N) is 2. The zero-order valence-electron chi connectivity index (χ0n) is 9.92. The summed E-state index contributed by atoms with van der Waals surface area (Å²) in [5, 5.41) is 2.29. The molecule has 1 N–H and O–H groups in total. The van der Waals surface area contributed by atoms with Gasteiger partial charge in [-0.2, -0.15) is 13.2 Å². The Morgan fingerprint density at radius 2 is 2.16 bits per heavy atom. The van der Waals surface area contributed by atoms with Gasteiger partial charge in [-0.1, -0.05) is 0 Å². The average molecular weight is 298 g/mol. The molecule has 9 heteroatoms. The van der Waals surface area contributed by atoms with E-state index >= 15 is 0 Å². The van der Waals surface area contributed by atoms with Crippen LogP contribution in [0.1, 0.15) is 16.2 Å². The Kier molecular flexibility index (Phi) is 5.49. The molecule has 0 spiro atoms. The van der Waals surface area contributed by atoms with Gasteiger partial charge in [-0.15, -0.1) is 0 Å². The summed E-state index contributed by atoms with van der Waals surface area (Å²) in [5.41, 5.74) is 0.562. The Morgan fingerprint density at radius 3 is 2.74 bits per heavy atom. The first kappa shape index (κ1) is 15.6. The van der Waals surface area contributed by atoms with E-state index in [0.717, 1.165) is 0 Å². The first-order chi connectivity index (χ1) is 8.78. The van der Waals surface area contributed by atoms with E-state index in [9.17, 15) is 18.0 Å². The van der Waals surface area contributed by atoms with Crippen molar-refractivity contribution < 1.29 is 22.7 Å². The van der Waals surface area contributed by atoms with E-state index in [1.165, 1.54) is 6.07 Å². The highest BCUT2D eigenvalue weighted by Crippen LogP contribution is 2.13. The molecule has 0 atom stereocenters. The van der Waals surface area contributed by atoms with Crippen LogP contribution in [-0.2, 0) is 4.74 Å². The monoisotopic (exact) mass is 297 g/mol. The van der Waals surface area contributed by atoms with Crippen LogP contribution < -0.4 is 5.32 Å². The van der Waals surface area contributed by atoms with Crippen LogP contribution in [0.2, 0.25) is 5.28 Å². The fraction of sp³-hybridized carbons (Fsp3) is 0.500. The molecule has 0 aliphatic carbocycles. The smallest absolute Gasteiger partial charge is 0.370 e. The molecule has 0 radical (unpaired) electrons. The molecule has 1 aromatic heterocycles. The van der Waals surface area contributed by atoms with Gasteiger partial charge < -0.3 is 10.1 Å². The van der Waals surface area contributed by atoms with Crippen LogP contribution in [0.3, 0.4) is 0 Å². The van der Waals surface area contributed by atoms with Gasteiger partial charge in [-0.05, 0) is 24.6 Å². The fourth-order valence-electron chi connectivity index (χ4n) is 1.16. The van der Waals surface area contributed by atoms with Gasteiger partial charge in [-0.3, -0.25) is 4.79 Å². The van der Waals surface area contributed by atoms with E-state index in [-0.39, 0.29) is 24.1 Å². The second-order valence-electron chi connectivity index (χ2n) is 3.59. The predicted octanol–water partition coefficient (Wildman–Crippen LogP) is 1.75. The van der Waals surface area contributed by atoms with Crippen LogP contribution in [0, 0.1) is 6.92 Å². The number of nitrogens with one attached hydrogen (secondary N) is 1. The standard InChI is InChI=1S/C10H11ClF3N3O2/c1-6-4-7(17-9(11)16-6)8(18)15-2-3-19-5-10(12,13)14/h4H,2-3,5H2,1H3,(H,15,18). The van der Waals surface area contributed by atoms with E-state index in [1.807, 2.05) is 0 Å². The number of aromatic nitrogens is 2. The van der Waals surface area contributed by atoms with Gasteiger partial charge in [0.1, 0.15) is 12.3 Å². The summed E-state index contributed by atoms with van der Waals surface area (Å²) >= 11 is 5.58. The highest BCUT2D eigenvalue weighted by atomic mass is 35.5. The molecule has 0 bridgehead atoms. The number of halogens is 4. The second kappa shape index (κ2) is 6.67. The van der Waals surface area contributed by atoms with Crippen LogP contribution in [0.25, 0.3) is 0 Å². The molecule has 0 unspecified atom stereocenters. The number of carbonyl (C=O) groups is 1. The van der Waals surface area contributed by atoms with Gasteiger partial charge in [0.05, 0.1) is 6.61 Å². The number of hydrogen-bond donors (Lipinski definition) is 1. The molecular formula is C10H11ClF3N3O2. The first-order valence-corrected chi connectivity index (χ1v) is 5.59. The molecule has 1 aromatic rings. The molecule has 19 heavy (non-hydrogen) atoms. The van der Waals surface area contributed by atoms with Crippen molar-refractivity contribution in [3.05, 3.63) is 22.7 Å². The van der Waals surface area contributed by atoms with Crippen molar-refractivity contribution >= 4 is 17.5 Å². The van der Waals surface area contributed by atoms with Gasteiger partial charge in [0.2, 0.25) is 5.28 Å². The van der Waals surface area contributed by atoms with Crippen LogP contribution in [0.4, 0.5) is 13.2 Å². The second-order valence-corrected chi connectivity index (χ2v) is 3.93. The summed E-state index contributed by atoms with van der Waals surface area (Å²) in [6.45, 7) is -0.0171. The van der Waals surface area contributed by atoms with E-state index in [4.69, 9.17) is 11.6 Å². The van der Waals surface area contributed by atoms with Crippen molar-refractivity contribution in [3.8, 4) is 0 Å². The summed E-state index contributed by atoms with van der Waals surface area (Å²) < 4.78 is 39.6. The van der Waals surface area contributed by atoms with Crippen molar-refractivity contribution in [3.63, 3.8) is 0 Å². The Hall–Kier alpha value is -1.41. The molecule has 0 aliphatic rings. The number of alkyl halides is 3. The zero-order chi connectivity index (χ0) is 14.5. The fourth-order valence-corrected chi connectivity index (χ4v) is 1.39. The molecule has 5 nitrogen and oxygen atoms in total. The van der Waals surface area contributed by atoms with Crippen molar-refractivity contribution in [1.82, 2.24) is 15.3 Å². The van der Waals surface area contributed by atoms with E-state index < -0.39 is 18.7 Å². The molecule has 1 amide bonds. The van der Waals surface area contributed by atoms with Crippen LogP contribution >= 0.6 is 11.6 Å². The average Bonchev–Trinajstić information content (AvgIpc) is 2.25. The number of ether oxygens (including phenoxy) is 1. The molecule has 0 aliphatic heterocycles. The normalized spacial score (nSPS) is 11.4. The van der Waals surface area contributed by atoms with E-state index in [0.29, 0.717) is 5.69 Å². The number of carbonyl (C=O) groups excluding carboxylic acids is 1. The third kappa shape index (κ3) is 6.35. The SMILES string of the molecule is Cc1cc(C(=O)NCCOCC(F)(F)F)nc(Cl)n1. The summed E-state index contributed by atoms with van der Waals surface area (Å²) in [5.74, 6) is -0.553. The highest BCUT2D eigenvalue weighted by Gasteiger charge is 2.27. The maximum Gasteiger partial charge on any atom is 0.411 e. The summed E-state index contributed by atoms with van der Waals surface area (Å²) in [6.07, 6.45) is -4.37. The highest BCUT2D eigenvalue weighted by molar-refractivity contribution is 6.28. The lowest BCUT2D eigenvalue weighted by molar-refractivity contribution is -0.173. The topological polar surface area (TPSA) is 64.1 Å². The molecular weight excluding hydrogens is 287 g/mol. The van der Waals surface area contributed by atoms with Crippen LogP contribution in [0.5, 0.6) is 0 Å². The van der Waals surface area contributed by atoms with Gasteiger partial charge in [0.15, 0.2) is 0 Å². The van der Waals surface area contributed by atoms with Crippen molar-refractivity contribution in [2.75, 3.05) is 19.8 Å². The Balaban J connectivity index is 2.35. The minimum absolute atomic E-state index is 0.0494. The third-order valence-electron chi connectivity index (χ3n) is 1.86. The Bertz CT molecular complexity index is 434. The molecule has 0 saturated carbocycles. The van der Waals surface area contributed by atoms with Gasteiger partial charge in [0.25, 0.3) is 5.91 Å². The lowest BCUT2D eigenvalue weighted by atomic mass is 10.3. The Morgan fingerprint density at radius 1 is 1.47 bits per heavy atom. The molecule has 0 fully saturated rings. The summed E-state index contributed by atoms with van der Waals surface area (Å²) in [6, 6.07) is 1.41. The maximum absolute atomic E-state index is 11.8. The molecule has 0 saturated heterocycles. The van der Waals surface area contributed by atoms with Gasteiger partial charge >= 0.3 is 6.18 Å². The number of amides is 1. The minimum atomic E-state index is -4.37. The van der Waals surface area contributed by atoms with Crippen molar-refractivity contribution in [1.29, 1.82) is 0 Å². The zero-order valence-corrected chi connectivity index (χ0v) is 10.7. The summed E-state index contributed by atoms with van der Waals surface area (Å²) in [4.78, 5) is 19.0. The van der Waals surface area contributed by atoms with E-state index in [2.05, 4.69) is 20.0 Å². The minimum Gasteiger partial charge on any atom is -0.370 e. The van der Waals surface area contributed by atoms with Gasteiger partial charge in [-0.25, -0.2) is 9.97 Å². The first-order valence-electron chi connectivity index (χ1n) is 5.22. The number of rotatable bonds is 5. The number of hydrogen-bond acceptors (Lipinski definition) is 4. The third-order valence-corrected chi connectivity index (χ3v) is 2.03. The number of aryl methyl sites for hydroxylation is 1. The molecule has 0 aromatic carbocycles. The maximum atomic E-state index is 11.8. The van der Waals surface area contributed by atoms with Gasteiger partial charge in [0, 0.05) is 12.2 Å².